The molecule has 39 heavy (non-hydrogen) atoms. The Hall–Kier alpha value is -4.61. The minimum absolute atomic E-state index is 0.0494. The number of aryl methyl sites for hydroxylation is 1. The summed E-state index contributed by atoms with van der Waals surface area (Å²) in [5.74, 6) is -0.194. The predicted molar refractivity (Wildman–Crippen MR) is 138 cm³/mol. The largest absolute Gasteiger partial charge is 0.457 e. The number of nitrogens with one attached hydrogen (secondary N) is 2. The third-order valence-electron chi connectivity index (χ3n) is 6.13. The van der Waals surface area contributed by atoms with Gasteiger partial charge in [0.15, 0.2) is 0 Å². The number of rotatable bonds is 6. The number of amides is 2. The number of alkyl halides is 3. The van der Waals surface area contributed by atoms with Crippen LogP contribution >= 0.6 is 0 Å². The monoisotopic (exact) mass is 540 g/mol. The number of halogens is 4. The van der Waals surface area contributed by atoms with Crippen LogP contribution in [0.25, 0.3) is 11.3 Å². The number of benzene rings is 2. The Morgan fingerprint density at radius 3 is 2.46 bits per heavy atom. The van der Waals surface area contributed by atoms with Gasteiger partial charge in [-0.05, 0) is 49.2 Å². The number of ether oxygens (including phenoxy) is 1. The lowest BCUT2D eigenvalue weighted by Crippen LogP contribution is -2.22. The molecule has 8 nitrogen and oxygen atoms in total. The van der Waals surface area contributed by atoms with Crippen LogP contribution in [0.1, 0.15) is 18.4 Å². The molecule has 202 valence electrons. The van der Waals surface area contributed by atoms with Gasteiger partial charge in [-0.3, -0.25) is 9.67 Å². The lowest BCUT2D eigenvalue weighted by atomic mass is 10.1. The van der Waals surface area contributed by atoms with Gasteiger partial charge in [0.05, 0.1) is 23.1 Å². The van der Waals surface area contributed by atoms with Gasteiger partial charge in [-0.15, -0.1) is 0 Å². The molecule has 0 atom stereocenters. The molecule has 0 aliphatic carbocycles. The summed E-state index contributed by atoms with van der Waals surface area (Å²) in [6, 6.07) is 9.65. The minimum atomic E-state index is -4.59. The molecule has 0 saturated carbocycles. The van der Waals surface area contributed by atoms with Crippen LogP contribution in [-0.2, 0) is 13.2 Å². The van der Waals surface area contributed by atoms with E-state index < -0.39 is 23.6 Å². The average molecular weight is 541 g/mol. The van der Waals surface area contributed by atoms with Crippen LogP contribution < -0.4 is 20.3 Å². The first kappa shape index (κ1) is 26.0. The highest BCUT2D eigenvalue weighted by molar-refractivity contribution is 6.00. The van der Waals surface area contributed by atoms with Crippen molar-refractivity contribution in [3.63, 3.8) is 0 Å². The second-order valence-electron chi connectivity index (χ2n) is 9.06. The smallest absolute Gasteiger partial charge is 0.416 e. The van der Waals surface area contributed by atoms with Gasteiger partial charge in [0, 0.05) is 61.6 Å². The van der Waals surface area contributed by atoms with E-state index in [9.17, 15) is 22.4 Å². The molecule has 2 N–H and O–H groups in total. The summed E-state index contributed by atoms with van der Waals surface area (Å²) in [5.41, 5.74) is 0.682. The molecule has 0 bridgehead atoms. The highest BCUT2D eigenvalue weighted by Crippen LogP contribution is 2.35. The molecular formula is C27H24F4N6O2. The van der Waals surface area contributed by atoms with Gasteiger partial charge in [0.2, 0.25) is 0 Å². The van der Waals surface area contributed by atoms with Crippen LogP contribution in [0.3, 0.4) is 0 Å². The number of hydrogen-bond donors (Lipinski definition) is 2. The van der Waals surface area contributed by atoms with Crippen molar-refractivity contribution in [3.8, 4) is 22.8 Å². The summed E-state index contributed by atoms with van der Waals surface area (Å²) >= 11 is 0. The first-order valence-electron chi connectivity index (χ1n) is 12.1. The predicted octanol–water partition coefficient (Wildman–Crippen LogP) is 6.68. The van der Waals surface area contributed by atoms with Gasteiger partial charge in [-0.1, -0.05) is 0 Å². The third-order valence-corrected chi connectivity index (χ3v) is 6.13. The Balaban J connectivity index is 1.27. The molecule has 1 fully saturated rings. The van der Waals surface area contributed by atoms with E-state index in [0.717, 1.165) is 36.6 Å². The van der Waals surface area contributed by atoms with E-state index in [1.807, 2.05) is 4.90 Å². The molecule has 3 heterocycles. The minimum Gasteiger partial charge on any atom is -0.457 e. The molecular weight excluding hydrogens is 516 g/mol. The molecule has 4 aromatic rings. The van der Waals surface area contributed by atoms with Crippen molar-refractivity contribution < 1.29 is 27.1 Å². The normalized spacial score (nSPS) is 13.4. The lowest BCUT2D eigenvalue weighted by molar-refractivity contribution is -0.137. The van der Waals surface area contributed by atoms with Gasteiger partial charge < -0.3 is 20.3 Å². The zero-order valence-corrected chi connectivity index (χ0v) is 20.8. The van der Waals surface area contributed by atoms with Crippen LogP contribution in [0.2, 0.25) is 0 Å². The van der Waals surface area contributed by atoms with Crippen LogP contribution in [0.15, 0.2) is 67.1 Å². The van der Waals surface area contributed by atoms with Crippen molar-refractivity contribution in [2.75, 3.05) is 28.6 Å². The van der Waals surface area contributed by atoms with Crippen LogP contribution in [-0.4, -0.2) is 33.9 Å². The Morgan fingerprint density at radius 2 is 1.77 bits per heavy atom. The number of anilines is 3. The van der Waals surface area contributed by atoms with Crippen molar-refractivity contribution in [2.45, 2.75) is 19.0 Å². The van der Waals surface area contributed by atoms with E-state index >= 15 is 0 Å². The number of urea groups is 1. The Labute approximate surface area is 221 Å². The van der Waals surface area contributed by atoms with Gasteiger partial charge in [0.1, 0.15) is 17.3 Å². The summed E-state index contributed by atoms with van der Waals surface area (Å²) in [6.45, 7) is 1.27. The Morgan fingerprint density at radius 1 is 1.00 bits per heavy atom. The number of aromatic nitrogens is 3. The number of carbonyl (C=O) groups excluding carboxylic acids is 1. The SMILES string of the molecule is Cn1cc(-c2cc(Oc3ccc(NC(=O)Nc4cc(N5CCCC5)cc(C(F)(F)F)c4)c(F)c3)ccn2)cn1. The number of carbonyl (C=O) groups is 1. The quantitative estimate of drug-likeness (QED) is 0.267. The van der Waals surface area contributed by atoms with Gasteiger partial charge in [0.25, 0.3) is 0 Å². The maximum Gasteiger partial charge on any atom is 0.416 e. The second kappa shape index (κ2) is 10.6. The van der Waals surface area contributed by atoms with E-state index in [2.05, 4.69) is 20.7 Å². The van der Waals surface area contributed by atoms with Crippen molar-refractivity contribution in [1.82, 2.24) is 14.8 Å². The molecule has 0 spiro atoms. The molecule has 0 unspecified atom stereocenters. The van der Waals surface area contributed by atoms with E-state index in [1.54, 1.807) is 42.5 Å². The Kier molecular flexibility index (Phi) is 7.09. The van der Waals surface area contributed by atoms with Gasteiger partial charge >= 0.3 is 12.2 Å². The highest BCUT2D eigenvalue weighted by Gasteiger charge is 2.32. The number of nitrogens with zero attached hydrogens (tertiary/aromatic N) is 4. The van der Waals surface area contributed by atoms with E-state index in [0.29, 0.717) is 30.2 Å². The zero-order chi connectivity index (χ0) is 27.6. The number of hydrogen-bond acceptors (Lipinski definition) is 5. The molecule has 2 aromatic heterocycles. The third kappa shape index (κ3) is 6.28. The highest BCUT2D eigenvalue weighted by atomic mass is 19.4. The van der Waals surface area contributed by atoms with Gasteiger partial charge in [-0.2, -0.15) is 18.3 Å². The maximum atomic E-state index is 14.8. The van der Waals surface area contributed by atoms with Crippen molar-refractivity contribution in [3.05, 3.63) is 78.5 Å². The zero-order valence-electron chi connectivity index (χ0n) is 20.8. The Bertz CT molecular complexity index is 1500. The van der Waals surface area contributed by atoms with Crippen LogP contribution in [0, 0.1) is 5.82 Å². The molecule has 2 amide bonds. The first-order valence-corrected chi connectivity index (χ1v) is 12.1. The molecule has 0 radical (unpaired) electrons. The fourth-order valence-corrected chi connectivity index (χ4v) is 4.27. The van der Waals surface area contributed by atoms with Crippen LogP contribution in [0.4, 0.5) is 39.4 Å². The fourth-order valence-electron chi connectivity index (χ4n) is 4.27. The summed E-state index contributed by atoms with van der Waals surface area (Å²) in [4.78, 5) is 18.7. The van der Waals surface area contributed by atoms with Crippen molar-refractivity contribution in [1.29, 1.82) is 0 Å². The first-order chi connectivity index (χ1) is 18.6. The topological polar surface area (TPSA) is 84.3 Å². The van der Waals surface area contributed by atoms with Gasteiger partial charge in [-0.25, -0.2) is 9.18 Å². The van der Waals surface area contributed by atoms with E-state index in [-0.39, 0.29) is 17.1 Å². The molecule has 2 aromatic carbocycles. The fraction of sp³-hybridized carbons (Fsp3) is 0.222. The standard InChI is InChI=1S/C27H24F4N6O2/c1-36-16-17(15-33-36)25-14-22(6-7-32-25)39-21-4-5-24(23(28)13-21)35-26(38)34-19-10-18(27(29,30)31)11-20(12-19)37-8-2-3-9-37/h4-7,10-16H,2-3,8-9H2,1H3,(H2,34,35,38). The summed E-state index contributed by atoms with van der Waals surface area (Å²) in [6.07, 6.45) is 2.18. The van der Waals surface area contributed by atoms with E-state index in [1.165, 1.54) is 18.2 Å². The molecule has 1 aliphatic rings. The van der Waals surface area contributed by atoms with Crippen molar-refractivity contribution >= 4 is 23.1 Å². The lowest BCUT2D eigenvalue weighted by Gasteiger charge is -2.21. The molecule has 1 saturated heterocycles. The summed E-state index contributed by atoms with van der Waals surface area (Å²) in [5, 5.41) is 8.83. The molecule has 5 rings (SSSR count). The average Bonchev–Trinajstić information content (AvgIpc) is 3.58. The maximum absolute atomic E-state index is 14.8. The van der Waals surface area contributed by atoms with E-state index in [4.69, 9.17) is 4.74 Å². The van der Waals surface area contributed by atoms with Crippen molar-refractivity contribution in [2.24, 2.45) is 7.05 Å². The second-order valence-corrected chi connectivity index (χ2v) is 9.06. The molecule has 1 aliphatic heterocycles. The summed E-state index contributed by atoms with van der Waals surface area (Å²) < 4.78 is 62.6. The summed E-state index contributed by atoms with van der Waals surface area (Å²) in [7, 11) is 1.79. The molecule has 12 heteroatoms. The van der Waals surface area contributed by atoms with Crippen LogP contribution in [0.5, 0.6) is 11.5 Å². The number of pyridine rings is 1.